The van der Waals surface area contributed by atoms with Crippen molar-refractivity contribution >= 4 is 23.7 Å². The third-order valence-corrected chi connectivity index (χ3v) is 3.89. The number of hydrogen-bond acceptors (Lipinski definition) is 5. The van der Waals surface area contributed by atoms with E-state index in [1.54, 1.807) is 24.3 Å². The summed E-state index contributed by atoms with van der Waals surface area (Å²) in [5.41, 5.74) is 4.60. The molecule has 3 rings (SSSR count). The third-order valence-electron chi connectivity index (χ3n) is 3.56. The molecule has 3 aromatic rings. The number of aromatic hydroxyl groups is 1. The summed E-state index contributed by atoms with van der Waals surface area (Å²) in [5, 5.41) is 20.7. The van der Waals surface area contributed by atoms with E-state index in [0.717, 1.165) is 5.56 Å². The van der Waals surface area contributed by atoms with E-state index in [2.05, 4.69) is 20.7 Å². The number of halogens is 1. The molecule has 0 atom stereocenters. The van der Waals surface area contributed by atoms with Crippen LogP contribution in [-0.4, -0.2) is 34.5 Å². The van der Waals surface area contributed by atoms with Crippen LogP contribution in [0.4, 0.5) is 0 Å². The van der Waals surface area contributed by atoms with Crippen LogP contribution >= 0.6 is 11.6 Å². The Morgan fingerprint density at radius 3 is 2.88 bits per heavy atom. The minimum Gasteiger partial charge on any atom is -0.504 e. The first-order valence-electron chi connectivity index (χ1n) is 7.59. The number of hydrazone groups is 1. The molecular formula is C18H15ClN4O3. The predicted octanol–water partition coefficient (Wildman–Crippen LogP) is 3.21. The van der Waals surface area contributed by atoms with Crippen molar-refractivity contribution in [1.82, 2.24) is 15.6 Å². The Balaban J connectivity index is 1.68. The molecule has 0 fully saturated rings. The molecule has 0 bridgehead atoms. The van der Waals surface area contributed by atoms with Crippen molar-refractivity contribution in [1.29, 1.82) is 0 Å². The number of nitrogens with one attached hydrogen (secondary N) is 2. The molecule has 2 aromatic carbocycles. The first-order chi connectivity index (χ1) is 12.6. The van der Waals surface area contributed by atoms with Gasteiger partial charge in [-0.15, -0.1) is 0 Å². The van der Waals surface area contributed by atoms with Gasteiger partial charge in [0.05, 0.1) is 24.0 Å². The molecular weight excluding hydrogens is 356 g/mol. The summed E-state index contributed by atoms with van der Waals surface area (Å²) < 4.78 is 5.01. The van der Waals surface area contributed by atoms with Crippen LogP contribution < -0.4 is 10.2 Å². The van der Waals surface area contributed by atoms with Gasteiger partial charge in [-0.05, 0) is 35.9 Å². The van der Waals surface area contributed by atoms with Gasteiger partial charge >= 0.3 is 0 Å². The number of amides is 1. The summed E-state index contributed by atoms with van der Waals surface area (Å²) in [7, 11) is 1.45. The highest BCUT2D eigenvalue weighted by molar-refractivity contribution is 6.33. The fourth-order valence-electron chi connectivity index (χ4n) is 2.25. The molecule has 0 saturated carbocycles. The Morgan fingerprint density at radius 1 is 1.31 bits per heavy atom. The molecule has 26 heavy (non-hydrogen) atoms. The van der Waals surface area contributed by atoms with Gasteiger partial charge in [-0.3, -0.25) is 9.89 Å². The molecule has 0 spiro atoms. The molecule has 0 aliphatic heterocycles. The lowest BCUT2D eigenvalue weighted by Gasteiger charge is -2.03. The van der Waals surface area contributed by atoms with Crippen LogP contribution in [-0.2, 0) is 0 Å². The van der Waals surface area contributed by atoms with Gasteiger partial charge in [0, 0.05) is 5.56 Å². The molecule has 0 aliphatic carbocycles. The molecule has 0 radical (unpaired) electrons. The lowest BCUT2D eigenvalue weighted by atomic mass is 10.1. The van der Waals surface area contributed by atoms with E-state index in [-0.39, 0.29) is 11.4 Å². The van der Waals surface area contributed by atoms with E-state index >= 15 is 0 Å². The first kappa shape index (κ1) is 17.5. The van der Waals surface area contributed by atoms with E-state index in [1.165, 1.54) is 19.4 Å². The summed E-state index contributed by atoms with van der Waals surface area (Å²) >= 11 is 6.13. The zero-order chi connectivity index (χ0) is 18.5. The topological polar surface area (TPSA) is 99.6 Å². The van der Waals surface area contributed by atoms with Crippen molar-refractivity contribution in [3.63, 3.8) is 0 Å². The summed E-state index contributed by atoms with van der Waals surface area (Å²) in [5.74, 6) is -0.103. The highest BCUT2D eigenvalue weighted by Crippen LogP contribution is 2.26. The molecule has 0 saturated heterocycles. The number of phenolic OH excluding ortho intramolecular Hbond substituents is 1. The van der Waals surface area contributed by atoms with E-state index in [9.17, 15) is 9.90 Å². The molecule has 1 heterocycles. The average Bonchev–Trinajstić information content (AvgIpc) is 3.13. The number of ether oxygens (including phenoxy) is 1. The lowest BCUT2D eigenvalue weighted by Crippen LogP contribution is -2.18. The second-order valence-electron chi connectivity index (χ2n) is 5.28. The molecule has 0 aliphatic rings. The van der Waals surface area contributed by atoms with Crippen LogP contribution in [0.5, 0.6) is 11.5 Å². The largest absolute Gasteiger partial charge is 0.504 e. The monoisotopic (exact) mass is 370 g/mol. The van der Waals surface area contributed by atoms with Crippen molar-refractivity contribution in [2.24, 2.45) is 5.10 Å². The highest BCUT2D eigenvalue weighted by atomic mass is 35.5. The molecule has 8 heteroatoms. The Morgan fingerprint density at radius 2 is 2.12 bits per heavy atom. The van der Waals surface area contributed by atoms with Crippen molar-refractivity contribution in [2.75, 3.05) is 7.11 Å². The normalized spacial score (nSPS) is 10.8. The number of aromatic nitrogens is 2. The summed E-state index contributed by atoms with van der Waals surface area (Å²) in [6.45, 7) is 0. The Labute approximate surface area is 154 Å². The number of nitrogens with zero attached hydrogens (tertiary/aromatic N) is 2. The number of phenols is 1. The van der Waals surface area contributed by atoms with E-state index < -0.39 is 5.91 Å². The van der Waals surface area contributed by atoms with E-state index in [4.69, 9.17) is 16.3 Å². The minimum absolute atomic E-state index is 0.0262. The molecule has 132 valence electrons. The van der Waals surface area contributed by atoms with Gasteiger partial charge < -0.3 is 9.84 Å². The van der Waals surface area contributed by atoms with Gasteiger partial charge in [-0.2, -0.15) is 10.2 Å². The maximum Gasteiger partial charge on any atom is 0.289 e. The smallest absolute Gasteiger partial charge is 0.289 e. The van der Waals surface area contributed by atoms with Gasteiger partial charge in [0.1, 0.15) is 5.69 Å². The van der Waals surface area contributed by atoms with Crippen molar-refractivity contribution in [3.05, 3.63) is 64.8 Å². The quantitative estimate of drug-likeness (QED) is 0.474. The first-order valence-corrected chi connectivity index (χ1v) is 7.97. The van der Waals surface area contributed by atoms with Gasteiger partial charge in [-0.1, -0.05) is 29.8 Å². The molecule has 7 nitrogen and oxygen atoms in total. The summed E-state index contributed by atoms with van der Waals surface area (Å²) in [4.78, 5) is 12.1. The third kappa shape index (κ3) is 3.84. The van der Waals surface area contributed by atoms with Crippen LogP contribution in [0.1, 0.15) is 16.1 Å². The SMILES string of the molecule is COc1cc(/C=N\NC(=O)c2cc(-c3ccccc3Cl)n[nH]2)ccc1O. The maximum absolute atomic E-state index is 12.1. The fraction of sp³-hybridized carbons (Fsp3) is 0.0556. The lowest BCUT2D eigenvalue weighted by molar-refractivity contribution is 0.0950. The zero-order valence-electron chi connectivity index (χ0n) is 13.7. The number of hydrogen-bond donors (Lipinski definition) is 3. The Hall–Kier alpha value is -3.32. The van der Waals surface area contributed by atoms with Crippen molar-refractivity contribution < 1.29 is 14.6 Å². The van der Waals surface area contributed by atoms with E-state index in [1.807, 2.05) is 18.2 Å². The average molecular weight is 371 g/mol. The number of methoxy groups -OCH3 is 1. The number of H-pyrrole nitrogens is 1. The fourth-order valence-corrected chi connectivity index (χ4v) is 2.48. The number of aromatic amines is 1. The molecule has 1 amide bonds. The van der Waals surface area contributed by atoms with Gasteiger partial charge in [0.15, 0.2) is 11.5 Å². The number of carbonyl (C=O) groups excluding carboxylic acids is 1. The number of carbonyl (C=O) groups is 1. The van der Waals surface area contributed by atoms with Crippen LogP contribution in [0, 0.1) is 0 Å². The van der Waals surface area contributed by atoms with Crippen LogP contribution in [0.3, 0.4) is 0 Å². The standard InChI is InChI=1S/C18H15ClN4O3/c1-26-17-8-11(6-7-16(17)24)10-20-23-18(25)15-9-14(21-22-15)12-4-2-3-5-13(12)19/h2-10,24H,1H3,(H,21,22)(H,23,25)/b20-10-. The summed E-state index contributed by atoms with van der Waals surface area (Å²) in [6, 6.07) is 13.5. The Kier molecular flexibility index (Phi) is 5.19. The second-order valence-corrected chi connectivity index (χ2v) is 5.68. The molecule has 0 unspecified atom stereocenters. The second kappa shape index (κ2) is 7.71. The minimum atomic E-state index is -0.446. The van der Waals surface area contributed by atoms with E-state index in [0.29, 0.717) is 22.0 Å². The van der Waals surface area contributed by atoms with Crippen LogP contribution in [0.25, 0.3) is 11.3 Å². The van der Waals surface area contributed by atoms with Gasteiger partial charge in [0.25, 0.3) is 5.91 Å². The number of rotatable bonds is 5. The van der Waals surface area contributed by atoms with Crippen LogP contribution in [0.2, 0.25) is 5.02 Å². The van der Waals surface area contributed by atoms with Gasteiger partial charge in [0.2, 0.25) is 0 Å². The van der Waals surface area contributed by atoms with Crippen molar-refractivity contribution in [3.8, 4) is 22.8 Å². The zero-order valence-corrected chi connectivity index (χ0v) is 14.5. The van der Waals surface area contributed by atoms with Crippen molar-refractivity contribution in [2.45, 2.75) is 0 Å². The Bertz CT molecular complexity index is 969. The predicted molar refractivity (Wildman–Crippen MR) is 98.8 cm³/mol. The summed E-state index contributed by atoms with van der Waals surface area (Å²) in [6.07, 6.45) is 1.44. The van der Waals surface area contributed by atoms with Crippen LogP contribution in [0.15, 0.2) is 53.6 Å². The number of benzene rings is 2. The molecule has 1 aromatic heterocycles. The molecule has 3 N–H and O–H groups in total. The van der Waals surface area contributed by atoms with Gasteiger partial charge in [-0.25, -0.2) is 5.43 Å². The maximum atomic E-state index is 12.1. The highest BCUT2D eigenvalue weighted by Gasteiger charge is 2.12.